The molecule has 1 aromatic carbocycles. The number of benzene rings is 1. The van der Waals surface area contributed by atoms with Crippen LogP contribution in [0.5, 0.6) is 5.75 Å². The molecular weight excluding hydrogens is 210 g/mol. The molecule has 0 aromatic heterocycles. The van der Waals surface area contributed by atoms with E-state index in [4.69, 9.17) is 10.5 Å². The summed E-state index contributed by atoms with van der Waals surface area (Å²) in [7, 11) is 1.70. The van der Waals surface area contributed by atoms with Crippen molar-refractivity contribution in [2.24, 2.45) is 11.7 Å². The monoisotopic (exact) mass is 235 g/mol. The third-order valence-electron chi connectivity index (χ3n) is 3.28. The third-order valence-corrected chi connectivity index (χ3v) is 3.28. The molecule has 0 aliphatic carbocycles. The lowest BCUT2D eigenvalue weighted by Crippen LogP contribution is -2.14. The van der Waals surface area contributed by atoms with Crippen LogP contribution >= 0.6 is 0 Å². The minimum absolute atomic E-state index is 0.140. The second-order valence-electron chi connectivity index (χ2n) is 4.97. The van der Waals surface area contributed by atoms with Crippen LogP contribution in [0.2, 0.25) is 0 Å². The zero-order chi connectivity index (χ0) is 12.8. The van der Waals surface area contributed by atoms with Crippen molar-refractivity contribution in [1.82, 2.24) is 0 Å². The molecule has 0 amide bonds. The maximum atomic E-state index is 6.25. The Hall–Kier alpha value is -1.02. The first-order chi connectivity index (χ1) is 8.08. The van der Waals surface area contributed by atoms with Crippen LogP contribution in [0, 0.1) is 12.8 Å². The molecule has 2 heteroatoms. The molecule has 0 fully saturated rings. The van der Waals surface area contributed by atoms with Gasteiger partial charge in [-0.2, -0.15) is 0 Å². The van der Waals surface area contributed by atoms with Gasteiger partial charge in [-0.25, -0.2) is 0 Å². The van der Waals surface area contributed by atoms with E-state index in [-0.39, 0.29) is 6.04 Å². The molecule has 1 rings (SSSR count). The number of aryl methyl sites for hydroxylation is 1. The second kappa shape index (κ2) is 6.65. The summed E-state index contributed by atoms with van der Waals surface area (Å²) in [5.41, 5.74) is 8.62. The Kier molecular flexibility index (Phi) is 5.49. The van der Waals surface area contributed by atoms with Crippen molar-refractivity contribution < 1.29 is 4.74 Å². The number of hydrogen-bond donors (Lipinski definition) is 1. The van der Waals surface area contributed by atoms with Gasteiger partial charge in [0, 0.05) is 6.04 Å². The molecule has 0 spiro atoms. The molecule has 0 saturated carbocycles. The Labute approximate surface area is 105 Å². The number of methoxy groups -OCH3 is 1. The van der Waals surface area contributed by atoms with Gasteiger partial charge in [0.15, 0.2) is 0 Å². The SMILES string of the molecule is CCCC(C)CC(N)c1ccc(OC)c(C)c1. The Morgan fingerprint density at radius 1 is 1.35 bits per heavy atom. The van der Waals surface area contributed by atoms with Gasteiger partial charge in [-0.15, -0.1) is 0 Å². The van der Waals surface area contributed by atoms with Crippen LogP contribution in [-0.2, 0) is 0 Å². The molecule has 17 heavy (non-hydrogen) atoms. The van der Waals surface area contributed by atoms with Gasteiger partial charge in [-0.05, 0) is 36.5 Å². The molecular formula is C15H25NO. The van der Waals surface area contributed by atoms with Crippen LogP contribution in [0.4, 0.5) is 0 Å². The van der Waals surface area contributed by atoms with Crippen molar-refractivity contribution in [3.8, 4) is 5.75 Å². The molecule has 2 atom stereocenters. The van der Waals surface area contributed by atoms with Crippen LogP contribution in [-0.4, -0.2) is 7.11 Å². The van der Waals surface area contributed by atoms with E-state index in [0.717, 1.165) is 17.7 Å². The normalized spacial score (nSPS) is 14.4. The Morgan fingerprint density at radius 3 is 2.59 bits per heavy atom. The van der Waals surface area contributed by atoms with E-state index >= 15 is 0 Å². The quantitative estimate of drug-likeness (QED) is 0.813. The van der Waals surface area contributed by atoms with E-state index < -0.39 is 0 Å². The van der Waals surface area contributed by atoms with Gasteiger partial charge < -0.3 is 10.5 Å². The molecule has 2 unspecified atom stereocenters. The van der Waals surface area contributed by atoms with Crippen LogP contribution < -0.4 is 10.5 Å². The molecule has 2 nitrogen and oxygen atoms in total. The molecule has 1 aromatic rings. The van der Waals surface area contributed by atoms with E-state index in [1.807, 2.05) is 6.07 Å². The van der Waals surface area contributed by atoms with E-state index in [0.29, 0.717) is 5.92 Å². The van der Waals surface area contributed by atoms with Gasteiger partial charge in [0.05, 0.1) is 7.11 Å². The first-order valence-corrected chi connectivity index (χ1v) is 6.48. The van der Waals surface area contributed by atoms with E-state index in [1.54, 1.807) is 7.11 Å². The largest absolute Gasteiger partial charge is 0.496 e. The fourth-order valence-electron chi connectivity index (χ4n) is 2.31. The number of nitrogens with two attached hydrogens (primary N) is 1. The Morgan fingerprint density at radius 2 is 2.06 bits per heavy atom. The van der Waals surface area contributed by atoms with Gasteiger partial charge in [-0.1, -0.05) is 38.8 Å². The van der Waals surface area contributed by atoms with Gasteiger partial charge in [0.25, 0.3) is 0 Å². The molecule has 0 aliphatic rings. The van der Waals surface area contributed by atoms with Gasteiger partial charge >= 0.3 is 0 Å². The van der Waals surface area contributed by atoms with Gasteiger partial charge in [0.1, 0.15) is 5.75 Å². The highest BCUT2D eigenvalue weighted by atomic mass is 16.5. The van der Waals surface area contributed by atoms with Gasteiger partial charge in [-0.3, -0.25) is 0 Å². The number of rotatable bonds is 6. The Bertz CT molecular complexity index is 349. The van der Waals surface area contributed by atoms with Crippen molar-refractivity contribution in [2.75, 3.05) is 7.11 Å². The fraction of sp³-hybridized carbons (Fsp3) is 0.600. The molecule has 96 valence electrons. The Balaban J connectivity index is 2.69. The van der Waals surface area contributed by atoms with Crippen LogP contribution in [0.25, 0.3) is 0 Å². The van der Waals surface area contributed by atoms with Crippen molar-refractivity contribution >= 4 is 0 Å². The fourth-order valence-corrected chi connectivity index (χ4v) is 2.31. The first-order valence-electron chi connectivity index (χ1n) is 6.48. The predicted molar refractivity (Wildman–Crippen MR) is 73.3 cm³/mol. The summed E-state index contributed by atoms with van der Waals surface area (Å²) in [5.74, 6) is 1.62. The average Bonchev–Trinajstić information content (AvgIpc) is 2.29. The van der Waals surface area contributed by atoms with Crippen molar-refractivity contribution in [3.05, 3.63) is 29.3 Å². The van der Waals surface area contributed by atoms with Crippen molar-refractivity contribution in [2.45, 2.75) is 46.1 Å². The molecule has 2 N–H and O–H groups in total. The molecule has 0 heterocycles. The summed E-state index contributed by atoms with van der Waals surface area (Å²) in [6, 6.07) is 6.37. The van der Waals surface area contributed by atoms with Crippen LogP contribution in [0.3, 0.4) is 0 Å². The molecule has 0 bridgehead atoms. The standard InChI is InChI=1S/C15H25NO/c1-5-6-11(2)9-14(16)13-7-8-15(17-4)12(3)10-13/h7-8,10-11,14H,5-6,9,16H2,1-4H3. The van der Waals surface area contributed by atoms with E-state index in [9.17, 15) is 0 Å². The topological polar surface area (TPSA) is 35.2 Å². The lowest BCUT2D eigenvalue weighted by atomic mass is 9.93. The first kappa shape index (κ1) is 14.0. The zero-order valence-corrected chi connectivity index (χ0v) is 11.5. The summed E-state index contributed by atoms with van der Waals surface area (Å²) >= 11 is 0. The summed E-state index contributed by atoms with van der Waals surface area (Å²) in [6.45, 7) is 6.56. The van der Waals surface area contributed by atoms with Gasteiger partial charge in [0.2, 0.25) is 0 Å². The molecule has 0 radical (unpaired) electrons. The van der Waals surface area contributed by atoms with E-state index in [1.165, 1.54) is 18.4 Å². The second-order valence-corrected chi connectivity index (χ2v) is 4.97. The van der Waals surface area contributed by atoms with Crippen LogP contribution in [0.15, 0.2) is 18.2 Å². The predicted octanol–water partition coefficient (Wildman–Crippen LogP) is 3.83. The highest BCUT2D eigenvalue weighted by molar-refractivity contribution is 5.37. The maximum absolute atomic E-state index is 6.25. The number of ether oxygens (including phenoxy) is 1. The van der Waals surface area contributed by atoms with E-state index in [2.05, 4.69) is 32.9 Å². The lowest BCUT2D eigenvalue weighted by Gasteiger charge is -2.18. The summed E-state index contributed by atoms with van der Waals surface area (Å²) in [6.07, 6.45) is 3.54. The zero-order valence-electron chi connectivity index (χ0n) is 11.5. The molecule has 0 aliphatic heterocycles. The third kappa shape index (κ3) is 4.04. The summed E-state index contributed by atoms with van der Waals surface area (Å²) in [5, 5.41) is 0. The summed E-state index contributed by atoms with van der Waals surface area (Å²) in [4.78, 5) is 0. The number of hydrogen-bond acceptors (Lipinski definition) is 2. The van der Waals surface area contributed by atoms with Crippen LogP contribution in [0.1, 0.15) is 50.3 Å². The minimum atomic E-state index is 0.140. The highest BCUT2D eigenvalue weighted by Crippen LogP contribution is 2.26. The lowest BCUT2D eigenvalue weighted by molar-refractivity contribution is 0.410. The summed E-state index contributed by atoms with van der Waals surface area (Å²) < 4.78 is 5.26. The van der Waals surface area contributed by atoms with Crippen molar-refractivity contribution in [3.63, 3.8) is 0 Å². The van der Waals surface area contributed by atoms with Crippen molar-refractivity contribution in [1.29, 1.82) is 0 Å². The highest BCUT2D eigenvalue weighted by Gasteiger charge is 2.11. The smallest absolute Gasteiger partial charge is 0.121 e. The average molecular weight is 235 g/mol. The minimum Gasteiger partial charge on any atom is -0.496 e. The molecule has 0 saturated heterocycles. The maximum Gasteiger partial charge on any atom is 0.121 e.